The third-order valence-corrected chi connectivity index (χ3v) is 18.0. The Labute approximate surface area is 511 Å². The summed E-state index contributed by atoms with van der Waals surface area (Å²) in [4.78, 5) is 108. The standard InChI is InChI=1S/C64H93N9O14/c1-38-15-11-10-12-16-40(3)52(83-8)31-47-20-18-44(7)64(82,87-47)58(78)59(79)73-22-14-13-17-49(73)60(80)85-53(32-50(74)41(4)28-43(6)56(76)57(77)55(75)42(5)27-38)48(65)29-45-19-21-51(54(30-45)84-9)86-63(81)70-37-46-35-68-62(69-36-46)72-25-23-71(24-26-72)61-66-33-39(2)34-67-61/h10-12,15-16,28,33-36,38,41-42,44-45,47-49,51-54,56-57,76-77,82H,13-14,17-27,29-32,37,65H2,1-9H3,(H,70,81)/b12-10?,15-11+,40-16?,43-28+/t38-,41-,42-,44-,45+,47+,48-,49+,51-,52+,53+,54-,56-,57+,64-/m1/s1. The van der Waals surface area contributed by atoms with E-state index in [1.807, 2.05) is 51.2 Å². The molecule has 6 heterocycles. The number of amides is 2. The average molecular weight is 1210 g/mol. The molecule has 1 aliphatic carbocycles. The summed E-state index contributed by atoms with van der Waals surface area (Å²) in [5.41, 5.74) is 9.71. The number of nitrogens with two attached hydrogens (primary N) is 1. The lowest BCUT2D eigenvalue weighted by molar-refractivity contribution is -0.265. The molecule has 4 fully saturated rings. The van der Waals surface area contributed by atoms with Gasteiger partial charge in [-0.2, -0.15) is 0 Å². The van der Waals surface area contributed by atoms with E-state index in [1.165, 1.54) is 20.1 Å². The number of nitrogens with zero attached hydrogens (tertiary/aromatic N) is 7. The number of ketones is 3. The highest BCUT2D eigenvalue weighted by atomic mass is 16.6. The molecule has 2 aromatic heterocycles. The third-order valence-electron chi connectivity index (χ3n) is 18.0. The van der Waals surface area contributed by atoms with Crippen molar-refractivity contribution in [2.75, 3.05) is 56.7 Å². The largest absolute Gasteiger partial charge is 0.459 e. The van der Waals surface area contributed by atoms with E-state index in [0.29, 0.717) is 95.0 Å². The minimum atomic E-state index is -2.50. The number of hydrogen-bond acceptors (Lipinski definition) is 21. The molecule has 0 unspecified atom stereocenters. The Morgan fingerprint density at radius 2 is 1.45 bits per heavy atom. The number of aromatic nitrogens is 4. The van der Waals surface area contributed by atoms with Gasteiger partial charge >= 0.3 is 12.1 Å². The second-order valence-electron chi connectivity index (χ2n) is 24.7. The van der Waals surface area contributed by atoms with Gasteiger partial charge in [-0.15, -0.1) is 0 Å². The minimum Gasteiger partial charge on any atom is -0.459 e. The van der Waals surface area contributed by atoms with Crippen LogP contribution in [0.5, 0.6) is 0 Å². The van der Waals surface area contributed by atoms with Crippen LogP contribution in [-0.2, 0) is 54.2 Å². The number of aliphatic hydroxyl groups is 3. The number of methoxy groups -OCH3 is 2. The molecule has 1 saturated carbocycles. The van der Waals surface area contributed by atoms with Crippen molar-refractivity contribution in [3.05, 3.63) is 83.5 Å². The molecule has 87 heavy (non-hydrogen) atoms. The molecule has 0 aromatic carbocycles. The van der Waals surface area contributed by atoms with Crippen molar-refractivity contribution in [1.29, 1.82) is 0 Å². The van der Waals surface area contributed by atoms with Gasteiger partial charge in [-0.3, -0.25) is 19.2 Å². The number of aliphatic hydroxyl groups excluding tert-OH is 2. The van der Waals surface area contributed by atoms with Crippen molar-refractivity contribution in [3.63, 3.8) is 0 Å². The van der Waals surface area contributed by atoms with E-state index in [1.54, 1.807) is 52.7 Å². The number of alkyl carbamates (subject to hydrolysis) is 1. The number of nitrogens with one attached hydrogen (secondary N) is 1. The van der Waals surface area contributed by atoms with Crippen molar-refractivity contribution >= 4 is 47.2 Å². The summed E-state index contributed by atoms with van der Waals surface area (Å²) in [5.74, 6) is -7.90. The zero-order valence-corrected chi connectivity index (χ0v) is 52.1. The van der Waals surface area contributed by atoms with Crippen LogP contribution in [0.25, 0.3) is 0 Å². The van der Waals surface area contributed by atoms with Crippen molar-refractivity contribution < 1.29 is 67.8 Å². The Balaban J connectivity index is 1.03. The fourth-order valence-electron chi connectivity index (χ4n) is 12.4. The van der Waals surface area contributed by atoms with Gasteiger partial charge in [0.15, 0.2) is 5.78 Å². The number of ether oxygens (including phenoxy) is 5. The predicted molar refractivity (Wildman–Crippen MR) is 323 cm³/mol. The molecule has 2 aromatic rings. The SMILES string of the molecule is CO[C@H]1C[C@@H]2CC[C@@H](C)[C@@](O)(O2)C(=O)C(=O)N2CCCC[C@H]2C(=O)O[C@H]([C@H](N)C[C@@H]2CC[C@@H](OC(=O)NCc3cnc(N4CCN(c5ncc(C)cn5)CC4)nc3)[C@H](OC)C2)CC(=O)[C@H](C)/C=C(\C)[C@@H](O)[C@@H](O)C(=O)[C@H](C)C[C@H](C)/C=C/C=CC=C1C. The third kappa shape index (κ3) is 18.2. The van der Waals surface area contributed by atoms with Gasteiger partial charge < -0.3 is 64.8 Å². The second-order valence-corrected chi connectivity index (χ2v) is 24.7. The molecule has 3 saturated heterocycles. The average Bonchev–Trinajstić information content (AvgIpc) is 1.05. The van der Waals surface area contributed by atoms with Gasteiger partial charge in [0.25, 0.3) is 11.7 Å². The number of carbonyl (C=O) groups excluding carboxylic acids is 6. The van der Waals surface area contributed by atoms with Crippen LogP contribution in [0.3, 0.4) is 0 Å². The summed E-state index contributed by atoms with van der Waals surface area (Å²) >= 11 is 0. The molecular weight excluding hydrogens is 1120 g/mol. The summed E-state index contributed by atoms with van der Waals surface area (Å²) in [7, 11) is 3.08. The number of hydrogen-bond donors (Lipinski definition) is 5. The number of piperazine rings is 1. The summed E-state index contributed by atoms with van der Waals surface area (Å²) in [6.07, 6.45) is 14.0. The van der Waals surface area contributed by atoms with Gasteiger partial charge in [0, 0.05) is 120 Å². The van der Waals surface area contributed by atoms with Gasteiger partial charge in [-0.05, 0) is 114 Å². The Kier molecular flexibility index (Phi) is 24.8. The summed E-state index contributed by atoms with van der Waals surface area (Å²) in [6, 6.07) is -2.22. The molecule has 2 amide bonds. The van der Waals surface area contributed by atoms with E-state index < -0.39 is 120 Å². The molecular formula is C64H93N9O14. The monoisotopic (exact) mass is 1210 g/mol. The molecule has 15 atom stereocenters. The van der Waals surface area contributed by atoms with Crippen LogP contribution < -0.4 is 20.9 Å². The first-order chi connectivity index (χ1) is 41.5. The van der Waals surface area contributed by atoms with Crippen LogP contribution in [0.4, 0.5) is 16.7 Å². The van der Waals surface area contributed by atoms with Gasteiger partial charge in [0.2, 0.25) is 17.7 Å². The van der Waals surface area contributed by atoms with E-state index in [2.05, 4.69) is 35.1 Å². The van der Waals surface area contributed by atoms with Gasteiger partial charge in [-0.25, -0.2) is 29.5 Å². The number of anilines is 2. The number of allylic oxidation sites excluding steroid dienone is 6. The van der Waals surface area contributed by atoms with E-state index in [-0.39, 0.29) is 49.8 Å². The van der Waals surface area contributed by atoms with Crippen LogP contribution in [0.15, 0.2) is 72.4 Å². The van der Waals surface area contributed by atoms with Crippen LogP contribution in [0.1, 0.15) is 130 Å². The molecule has 5 aliphatic rings. The molecule has 2 bridgehead atoms. The highest BCUT2D eigenvalue weighted by Gasteiger charge is 2.53. The van der Waals surface area contributed by atoms with Gasteiger partial charge in [0.1, 0.15) is 36.2 Å². The number of esters is 1. The molecule has 6 N–H and O–H groups in total. The summed E-state index contributed by atoms with van der Waals surface area (Å²) in [6.45, 7) is 15.2. The zero-order valence-electron chi connectivity index (χ0n) is 52.1. The Bertz CT molecular complexity index is 2790. The maximum absolute atomic E-state index is 14.6. The Morgan fingerprint density at radius 3 is 2.10 bits per heavy atom. The number of piperidine rings is 1. The maximum Gasteiger partial charge on any atom is 0.407 e. The molecule has 4 aliphatic heterocycles. The van der Waals surface area contributed by atoms with Gasteiger partial charge in [0.05, 0.1) is 18.3 Å². The number of carbonyl (C=O) groups is 6. The van der Waals surface area contributed by atoms with Crippen LogP contribution >= 0.6 is 0 Å². The predicted octanol–water partition coefficient (Wildman–Crippen LogP) is 5.37. The Morgan fingerprint density at radius 1 is 0.782 bits per heavy atom. The van der Waals surface area contributed by atoms with Crippen LogP contribution in [-0.4, -0.2) is 183 Å². The number of fused-ring (bicyclic) bond motifs is 3. The first-order valence-electron chi connectivity index (χ1n) is 30.9. The number of rotatable bonds is 10. The van der Waals surface area contributed by atoms with Crippen molar-refractivity contribution in [1.82, 2.24) is 30.2 Å². The smallest absolute Gasteiger partial charge is 0.407 e. The number of Topliss-reactive ketones (excluding diaryl/α,β-unsaturated/α-hetero) is 3. The van der Waals surface area contributed by atoms with E-state index in [4.69, 9.17) is 29.4 Å². The van der Waals surface area contributed by atoms with E-state index in [9.17, 15) is 44.1 Å². The molecule has 0 radical (unpaired) electrons. The highest BCUT2D eigenvalue weighted by Crippen LogP contribution is 2.38. The van der Waals surface area contributed by atoms with Crippen molar-refractivity contribution in [2.45, 2.75) is 193 Å². The lowest BCUT2D eigenvalue weighted by Crippen LogP contribution is -2.61. The normalized spacial score (nSPS) is 33.1. The van der Waals surface area contributed by atoms with Crippen molar-refractivity contribution in [3.8, 4) is 0 Å². The fourth-order valence-corrected chi connectivity index (χ4v) is 12.4. The van der Waals surface area contributed by atoms with Gasteiger partial charge in [-0.1, -0.05) is 64.2 Å². The first kappa shape index (κ1) is 68.2. The molecule has 23 heteroatoms. The second kappa shape index (κ2) is 31.7. The highest BCUT2D eigenvalue weighted by molar-refractivity contribution is 6.39. The first-order valence-corrected chi connectivity index (χ1v) is 30.9. The van der Waals surface area contributed by atoms with Crippen LogP contribution in [0, 0.1) is 36.5 Å². The topological polar surface area (TPSA) is 309 Å². The summed E-state index contributed by atoms with van der Waals surface area (Å²) < 4.78 is 30.0. The molecule has 7 rings (SSSR count). The maximum atomic E-state index is 14.6. The lowest BCUT2D eigenvalue weighted by Gasteiger charge is -2.42. The zero-order chi connectivity index (χ0) is 63.1. The fraction of sp³-hybridized carbons (Fsp3) is 0.656. The van der Waals surface area contributed by atoms with Crippen LogP contribution in [0.2, 0.25) is 0 Å². The van der Waals surface area contributed by atoms with E-state index in [0.717, 1.165) is 16.0 Å². The van der Waals surface area contributed by atoms with E-state index >= 15 is 0 Å². The minimum absolute atomic E-state index is 0.0100. The molecule has 0 spiro atoms. The Hall–Kier alpha value is -6.34. The quantitative estimate of drug-likeness (QED) is 0.113. The molecule has 23 nitrogen and oxygen atoms in total. The number of aryl methyl sites for hydroxylation is 1. The lowest BCUT2D eigenvalue weighted by atomic mass is 9.80. The number of cyclic esters (lactones) is 1. The molecule has 478 valence electrons. The van der Waals surface area contributed by atoms with Crippen molar-refractivity contribution in [2.24, 2.45) is 35.3 Å². The summed E-state index contributed by atoms with van der Waals surface area (Å²) in [5, 5.41) is 37.3.